The van der Waals surface area contributed by atoms with E-state index in [1.54, 1.807) is 4.90 Å². The highest BCUT2D eigenvalue weighted by Gasteiger charge is 2.32. The molecule has 0 unspecified atom stereocenters. The van der Waals surface area contributed by atoms with Crippen LogP contribution in [0.1, 0.15) is 33.3 Å². The SMILES string of the molecule is C[C@H]1CN(c2nc3ccccc3n2Cc2c(Cl)cccc2Cl)CCN1C(=O)OC(C)(C)C. The van der Waals surface area contributed by atoms with Crippen molar-refractivity contribution in [1.29, 1.82) is 0 Å². The molecule has 3 aromatic rings. The van der Waals surface area contributed by atoms with Gasteiger partial charge in [-0.3, -0.25) is 0 Å². The molecule has 6 nitrogen and oxygen atoms in total. The molecule has 1 aliphatic rings. The molecule has 1 fully saturated rings. The molecule has 0 N–H and O–H groups in total. The van der Waals surface area contributed by atoms with E-state index >= 15 is 0 Å². The number of hydrogen-bond donors (Lipinski definition) is 0. The highest BCUT2D eigenvalue weighted by atomic mass is 35.5. The Hall–Kier alpha value is -2.44. The quantitative estimate of drug-likeness (QED) is 0.478. The molecule has 1 amide bonds. The summed E-state index contributed by atoms with van der Waals surface area (Å²) in [6.07, 6.45) is -0.277. The zero-order chi connectivity index (χ0) is 23.0. The van der Waals surface area contributed by atoms with Crippen molar-refractivity contribution >= 4 is 46.3 Å². The fraction of sp³-hybridized carbons (Fsp3) is 0.417. The first kappa shape index (κ1) is 22.7. The Bertz CT molecular complexity index is 1120. The van der Waals surface area contributed by atoms with Gasteiger partial charge in [0.05, 0.1) is 17.6 Å². The summed E-state index contributed by atoms with van der Waals surface area (Å²) in [7, 11) is 0. The smallest absolute Gasteiger partial charge is 0.410 e. The van der Waals surface area contributed by atoms with E-state index in [0.29, 0.717) is 36.2 Å². The van der Waals surface area contributed by atoms with Gasteiger partial charge in [0.15, 0.2) is 0 Å². The van der Waals surface area contributed by atoms with Crippen molar-refractivity contribution in [2.24, 2.45) is 0 Å². The van der Waals surface area contributed by atoms with Crippen LogP contribution >= 0.6 is 23.2 Å². The number of imidazole rings is 1. The van der Waals surface area contributed by atoms with Gasteiger partial charge in [0.1, 0.15) is 5.60 Å². The van der Waals surface area contributed by atoms with Crippen molar-refractivity contribution in [3.05, 3.63) is 58.1 Å². The molecular weight excluding hydrogens is 447 g/mol. The van der Waals surface area contributed by atoms with E-state index in [1.807, 2.05) is 64.1 Å². The number of nitrogens with zero attached hydrogens (tertiary/aromatic N) is 4. The Morgan fingerprint density at radius 2 is 1.78 bits per heavy atom. The Balaban J connectivity index is 1.64. The molecule has 32 heavy (non-hydrogen) atoms. The van der Waals surface area contributed by atoms with Crippen LogP contribution < -0.4 is 4.90 Å². The molecule has 0 aliphatic carbocycles. The lowest BCUT2D eigenvalue weighted by atomic mass is 10.2. The Morgan fingerprint density at radius 3 is 2.44 bits per heavy atom. The van der Waals surface area contributed by atoms with Gasteiger partial charge in [-0.25, -0.2) is 9.78 Å². The van der Waals surface area contributed by atoms with Gasteiger partial charge in [0.2, 0.25) is 5.95 Å². The van der Waals surface area contributed by atoms with Crippen LogP contribution in [0.4, 0.5) is 10.7 Å². The molecule has 170 valence electrons. The summed E-state index contributed by atoms with van der Waals surface area (Å²) in [4.78, 5) is 21.6. The number of ether oxygens (including phenoxy) is 1. The summed E-state index contributed by atoms with van der Waals surface area (Å²) in [5.74, 6) is 0.845. The fourth-order valence-corrected chi connectivity index (χ4v) is 4.55. The highest BCUT2D eigenvalue weighted by molar-refractivity contribution is 6.36. The summed E-state index contributed by atoms with van der Waals surface area (Å²) < 4.78 is 7.74. The minimum atomic E-state index is -0.518. The lowest BCUT2D eigenvalue weighted by molar-refractivity contribution is 0.0158. The van der Waals surface area contributed by atoms with Crippen molar-refractivity contribution < 1.29 is 9.53 Å². The Labute approximate surface area is 198 Å². The standard InChI is InChI=1S/C24H28Cl2N4O2/c1-16-14-28(12-13-29(16)23(31)32-24(2,3)4)22-27-20-10-5-6-11-21(20)30(22)15-17-18(25)8-7-9-19(17)26/h5-11,16H,12-15H2,1-4H3/t16-/m0/s1. The number of hydrogen-bond acceptors (Lipinski definition) is 4. The first-order chi connectivity index (χ1) is 15.1. The van der Waals surface area contributed by atoms with Crippen LogP contribution in [0.5, 0.6) is 0 Å². The molecule has 0 bridgehead atoms. The first-order valence-electron chi connectivity index (χ1n) is 10.8. The predicted molar refractivity (Wildman–Crippen MR) is 130 cm³/mol. The van der Waals surface area contributed by atoms with Gasteiger partial charge in [-0.05, 0) is 52.0 Å². The fourth-order valence-electron chi connectivity index (χ4n) is 4.03. The number of para-hydroxylation sites is 2. The van der Waals surface area contributed by atoms with Crippen molar-refractivity contribution in [3.8, 4) is 0 Å². The maximum Gasteiger partial charge on any atom is 0.410 e. The van der Waals surface area contributed by atoms with Gasteiger partial charge >= 0.3 is 6.09 Å². The highest BCUT2D eigenvalue weighted by Crippen LogP contribution is 2.31. The van der Waals surface area contributed by atoms with E-state index in [-0.39, 0.29) is 12.1 Å². The van der Waals surface area contributed by atoms with Gasteiger partial charge in [0.25, 0.3) is 0 Å². The number of aromatic nitrogens is 2. The second-order valence-electron chi connectivity index (χ2n) is 9.16. The summed E-state index contributed by atoms with van der Waals surface area (Å²) in [6.45, 7) is 10.1. The lowest BCUT2D eigenvalue weighted by Gasteiger charge is -2.40. The maximum atomic E-state index is 12.6. The molecule has 0 radical (unpaired) electrons. The Kier molecular flexibility index (Phi) is 6.28. The number of piperazine rings is 1. The molecule has 1 aromatic heterocycles. The summed E-state index contributed by atoms with van der Waals surface area (Å²) in [6, 6.07) is 13.6. The molecule has 1 saturated heterocycles. The number of carbonyl (C=O) groups is 1. The molecule has 1 atom stereocenters. The van der Waals surface area contributed by atoms with Crippen molar-refractivity contribution in [2.75, 3.05) is 24.5 Å². The molecular formula is C24H28Cl2N4O2. The zero-order valence-corrected chi connectivity index (χ0v) is 20.3. The van der Waals surface area contributed by atoms with Crippen molar-refractivity contribution in [2.45, 2.75) is 45.9 Å². The number of amides is 1. The second-order valence-corrected chi connectivity index (χ2v) is 9.97. The average molecular weight is 475 g/mol. The molecule has 8 heteroatoms. The third-order valence-electron chi connectivity index (χ3n) is 5.55. The van der Waals surface area contributed by atoms with E-state index in [4.69, 9.17) is 32.9 Å². The van der Waals surface area contributed by atoms with Crippen molar-refractivity contribution in [1.82, 2.24) is 14.5 Å². The van der Waals surface area contributed by atoms with Gasteiger partial charge in [-0.1, -0.05) is 41.4 Å². The number of carbonyl (C=O) groups excluding carboxylic acids is 1. The number of rotatable bonds is 3. The molecule has 1 aliphatic heterocycles. The van der Waals surface area contributed by atoms with Gasteiger partial charge in [-0.2, -0.15) is 0 Å². The van der Waals surface area contributed by atoms with Crippen LogP contribution in [0, 0.1) is 0 Å². The van der Waals surface area contributed by atoms with E-state index < -0.39 is 5.60 Å². The molecule has 2 heterocycles. The van der Waals surface area contributed by atoms with Crippen LogP contribution in [-0.2, 0) is 11.3 Å². The van der Waals surface area contributed by atoms with Crippen LogP contribution in [0.25, 0.3) is 11.0 Å². The number of fused-ring (bicyclic) bond motifs is 1. The van der Waals surface area contributed by atoms with Gasteiger partial charge < -0.3 is 19.1 Å². The number of halogens is 2. The topological polar surface area (TPSA) is 50.6 Å². The second kappa shape index (κ2) is 8.83. The molecule has 0 saturated carbocycles. The lowest BCUT2D eigenvalue weighted by Crippen LogP contribution is -2.55. The van der Waals surface area contributed by atoms with E-state index in [9.17, 15) is 4.79 Å². The van der Waals surface area contributed by atoms with Crippen LogP contribution in [0.2, 0.25) is 10.0 Å². The van der Waals surface area contributed by atoms with E-state index in [1.165, 1.54) is 0 Å². The maximum absolute atomic E-state index is 12.6. The first-order valence-corrected chi connectivity index (χ1v) is 11.5. The van der Waals surface area contributed by atoms with Crippen molar-refractivity contribution in [3.63, 3.8) is 0 Å². The summed E-state index contributed by atoms with van der Waals surface area (Å²) in [5, 5.41) is 1.26. The minimum Gasteiger partial charge on any atom is -0.444 e. The molecule has 4 rings (SSSR count). The number of anilines is 1. The Morgan fingerprint density at radius 1 is 1.09 bits per heavy atom. The number of benzene rings is 2. The van der Waals surface area contributed by atoms with Gasteiger partial charge in [-0.15, -0.1) is 0 Å². The van der Waals surface area contributed by atoms with Gasteiger partial charge in [0, 0.05) is 41.3 Å². The van der Waals surface area contributed by atoms with E-state index in [2.05, 4.69) is 15.5 Å². The third kappa shape index (κ3) is 4.66. The van der Waals surface area contributed by atoms with E-state index in [0.717, 1.165) is 22.5 Å². The monoisotopic (exact) mass is 474 g/mol. The summed E-state index contributed by atoms with van der Waals surface area (Å²) >= 11 is 13.0. The third-order valence-corrected chi connectivity index (χ3v) is 6.26. The normalized spacial score (nSPS) is 17.1. The van der Waals surface area contributed by atoms with Crippen LogP contribution in [0.3, 0.4) is 0 Å². The minimum absolute atomic E-state index is 0.0178. The predicted octanol–water partition coefficient (Wildman–Crippen LogP) is 5.84. The molecule has 2 aromatic carbocycles. The average Bonchev–Trinajstić information content (AvgIpc) is 3.08. The zero-order valence-electron chi connectivity index (χ0n) is 18.8. The summed E-state index contributed by atoms with van der Waals surface area (Å²) in [5.41, 5.74) is 2.27. The molecule has 0 spiro atoms. The largest absolute Gasteiger partial charge is 0.444 e. The van der Waals surface area contributed by atoms with Crippen LogP contribution in [-0.4, -0.2) is 51.8 Å². The van der Waals surface area contributed by atoms with Crippen LogP contribution in [0.15, 0.2) is 42.5 Å².